The molecule has 1 amide bonds. The highest BCUT2D eigenvalue weighted by molar-refractivity contribution is 8.26. The lowest BCUT2D eigenvalue weighted by atomic mass is 10.2. The van der Waals surface area contributed by atoms with Crippen LogP contribution in [0.2, 0.25) is 0 Å². The fourth-order valence-electron chi connectivity index (χ4n) is 1.09. The number of aliphatic carboxylic acids is 1. The number of hydrogen-bond acceptors (Lipinski definition) is 4. The van der Waals surface area contributed by atoms with Gasteiger partial charge in [-0.1, -0.05) is 36.5 Å². The van der Waals surface area contributed by atoms with Crippen molar-refractivity contribution in [2.75, 3.05) is 6.54 Å². The molecule has 0 aromatic carbocycles. The summed E-state index contributed by atoms with van der Waals surface area (Å²) in [5.41, 5.74) is 0.945. The first-order valence-electron chi connectivity index (χ1n) is 4.42. The quantitative estimate of drug-likeness (QED) is 0.605. The first kappa shape index (κ1) is 12.2. The van der Waals surface area contributed by atoms with Gasteiger partial charge >= 0.3 is 5.97 Å². The largest absolute Gasteiger partial charge is 0.480 e. The molecule has 1 heterocycles. The van der Waals surface area contributed by atoms with E-state index < -0.39 is 5.97 Å². The zero-order valence-corrected chi connectivity index (χ0v) is 10.1. The molecule has 82 valence electrons. The Kier molecular flexibility index (Phi) is 3.87. The molecule has 0 bridgehead atoms. The number of amides is 1. The second-order valence-corrected chi connectivity index (χ2v) is 4.76. The van der Waals surface area contributed by atoms with Crippen LogP contribution in [0.3, 0.4) is 0 Å². The Bertz CT molecular complexity index is 362. The van der Waals surface area contributed by atoms with E-state index in [1.807, 2.05) is 13.8 Å². The Morgan fingerprint density at radius 3 is 2.67 bits per heavy atom. The molecule has 0 saturated carbocycles. The summed E-state index contributed by atoms with van der Waals surface area (Å²) in [5, 5.41) is 8.61. The molecule has 1 aliphatic heterocycles. The van der Waals surface area contributed by atoms with Crippen molar-refractivity contribution in [1.29, 1.82) is 0 Å². The van der Waals surface area contributed by atoms with Gasteiger partial charge in [0.05, 0.1) is 4.91 Å². The molecular weight excluding hydrogens is 234 g/mol. The minimum Gasteiger partial charge on any atom is -0.480 e. The lowest BCUT2D eigenvalue weighted by Gasteiger charge is -2.10. The summed E-state index contributed by atoms with van der Waals surface area (Å²) in [6.45, 7) is 3.44. The Morgan fingerprint density at radius 1 is 1.60 bits per heavy atom. The summed E-state index contributed by atoms with van der Waals surface area (Å²) in [7, 11) is 0. The van der Waals surface area contributed by atoms with Crippen molar-refractivity contribution < 1.29 is 14.7 Å². The van der Waals surface area contributed by atoms with E-state index in [0.29, 0.717) is 9.23 Å². The maximum atomic E-state index is 11.7. The van der Waals surface area contributed by atoms with E-state index in [2.05, 4.69) is 0 Å². The van der Waals surface area contributed by atoms with Gasteiger partial charge in [0.1, 0.15) is 10.9 Å². The predicted octanol–water partition coefficient (Wildman–Crippen LogP) is 1.62. The van der Waals surface area contributed by atoms with Crippen molar-refractivity contribution in [3.8, 4) is 0 Å². The Labute approximate surface area is 97.3 Å². The molecule has 0 atom stereocenters. The molecule has 6 heteroatoms. The van der Waals surface area contributed by atoms with Crippen LogP contribution in [0.5, 0.6) is 0 Å². The molecule has 1 N–H and O–H groups in total. The van der Waals surface area contributed by atoms with Gasteiger partial charge in [0, 0.05) is 0 Å². The number of thiocarbonyl (C=S) groups is 1. The molecule has 0 aliphatic carbocycles. The van der Waals surface area contributed by atoms with Crippen LogP contribution in [-0.2, 0) is 9.59 Å². The minimum atomic E-state index is -1.05. The molecule has 15 heavy (non-hydrogen) atoms. The normalized spacial score (nSPS) is 19.7. The smallest absolute Gasteiger partial charge is 0.323 e. The number of carbonyl (C=O) groups excluding carboxylic acids is 1. The van der Waals surface area contributed by atoms with Crippen molar-refractivity contribution in [2.24, 2.45) is 0 Å². The third-order valence-electron chi connectivity index (χ3n) is 2.06. The fraction of sp³-hybridized carbons (Fsp3) is 0.444. The highest BCUT2D eigenvalue weighted by Gasteiger charge is 2.34. The van der Waals surface area contributed by atoms with Crippen LogP contribution in [0.1, 0.15) is 20.3 Å². The first-order chi connectivity index (χ1) is 6.97. The van der Waals surface area contributed by atoms with Gasteiger partial charge in [0.2, 0.25) is 0 Å². The van der Waals surface area contributed by atoms with Gasteiger partial charge in [-0.3, -0.25) is 14.5 Å². The van der Waals surface area contributed by atoms with Crippen molar-refractivity contribution in [2.45, 2.75) is 20.3 Å². The van der Waals surface area contributed by atoms with Gasteiger partial charge in [0.25, 0.3) is 5.91 Å². The predicted molar refractivity (Wildman–Crippen MR) is 62.5 cm³/mol. The highest BCUT2D eigenvalue weighted by Crippen LogP contribution is 2.33. The number of allylic oxidation sites excluding steroid dienone is 1. The molecule has 1 aliphatic rings. The Morgan fingerprint density at radius 2 is 2.20 bits per heavy atom. The number of carboxylic acid groups (broad SMARTS) is 1. The summed E-state index contributed by atoms with van der Waals surface area (Å²) in [6, 6.07) is 0. The number of nitrogens with zero attached hydrogens (tertiary/aromatic N) is 1. The van der Waals surface area contributed by atoms with Crippen LogP contribution in [-0.4, -0.2) is 32.7 Å². The maximum Gasteiger partial charge on any atom is 0.323 e. The van der Waals surface area contributed by atoms with Crippen molar-refractivity contribution in [3.05, 3.63) is 10.5 Å². The van der Waals surface area contributed by atoms with E-state index in [9.17, 15) is 9.59 Å². The minimum absolute atomic E-state index is 0.285. The van der Waals surface area contributed by atoms with Gasteiger partial charge in [-0.25, -0.2) is 0 Å². The molecule has 1 saturated heterocycles. The van der Waals surface area contributed by atoms with E-state index in [0.717, 1.165) is 16.9 Å². The lowest BCUT2D eigenvalue weighted by molar-refractivity contribution is -0.140. The number of rotatable bonds is 3. The average Bonchev–Trinajstić information content (AvgIpc) is 2.44. The van der Waals surface area contributed by atoms with E-state index in [1.165, 1.54) is 11.8 Å². The van der Waals surface area contributed by atoms with Crippen LogP contribution >= 0.6 is 24.0 Å². The maximum absolute atomic E-state index is 11.7. The molecule has 0 aromatic rings. The standard InChI is InChI=1S/C9H11NO3S2/c1-3-5(2)7-8(13)10(4-6(11)12)9(14)15-7/h3-4H2,1-2H3,(H,11,12). The molecule has 0 radical (unpaired) electrons. The van der Waals surface area contributed by atoms with Crippen LogP contribution in [0.4, 0.5) is 0 Å². The van der Waals surface area contributed by atoms with E-state index in [4.69, 9.17) is 17.3 Å². The van der Waals surface area contributed by atoms with Gasteiger partial charge in [0.15, 0.2) is 0 Å². The molecule has 1 rings (SSSR count). The number of carbonyl (C=O) groups is 2. The monoisotopic (exact) mass is 245 g/mol. The summed E-state index contributed by atoms with van der Waals surface area (Å²) in [4.78, 5) is 24.0. The summed E-state index contributed by atoms with van der Waals surface area (Å²) in [6.07, 6.45) is 0.762. The second-order valence-electron chi connectivity index (χ2n) is 3.12. The third-order valence-corrected chi connectivity index (χ3v) is 3.65. The van der Waals surface area contributed by atoms with Crippen molar-refractivity contribution >= 4 is 40.2 Å². The summed E-state index contributed by atoms with van der Waals surface area (Å²) in [5.74, 6) is -1.34. The third kappa shape index (κ3) is 2.57. The van der Waals surface area contributed by atoms with Crippen LogP contribution in [0.15, 0.2) is 10.5 Å². The molecule has 0 spiro atoms. The molecule has 1 fully saturated rings. The Hall–Kier alpha value is -0.880. The molecule has 4 nitrogen and oxygen atoms in total. The highest BCUT2D eigenvalue weighted by atomic mass is 32.2. The van der Waals surface area contributed by atoms with Gasteiger partial charge in [-0.2, -0.15) is 0 Å². The van der Waals surface area contributed by atoms with Crippen LogP contribution in [0, 0.1) is 0 Å². The van der Waals surface area contributed by atoms with Gasteiger partial charge < -0.3 is 5.11 Å². The number of hydrogen-bond donors (Lipinski definition) is 1. The number of thioether (sulfide) groups is 1. The zero-order chi connectivity index (χ0) is 11.6. The zero-order valence-electron chi connectivity index (χ0n) is 8.44. The molecular formula is C9H11NO3S2. The van der Waals surface area contributed by atoms with Gasteiger partial charge in [-0.05, 0) is 13.3 Å². The van der Waals surface area contributed by atoms with Crippen molar-refractivity contribution in [3.63, 3.8) is 0 Å². The topological polar surface area (TPSA) is 57.6 Å². The Balaban J connectivity index is 2.93. The van der Waals surface area contributed by atoms with Crippen LogP contribution < -0.4 is 0 Å². The fourth-order valence-corrected chi connectivity index (χ4v) is 2.44. The second kappa shape index (κ2) is 4.76. The van der Waals surface area contributed by atoms with E-state index in [-0.39, 0.29) is 12.5 Å². The lowest BCUT2D eigenvalue weighted by Crippen LogP contribution is -2.33. The van der Waals surface area contributed by atoms with Crippen molar-refractivity contribution in [1.82, 2.24) is 4.90 Å². The SMILES string of the molecule is CCC(C)=C1SC(=S)N(CC(=O)O)C1=O. The van der Waals surface area contributed by atoms with E-state index >= 15 is 0 Å². The van der Waals surface area contributed by atoms with E-state index in [1.54, 1.807) is 0 Å². The first-order valence-corrected chi connectivity index (χ1v) is 5.65. The molecule has 0 unspecified atom stereocenters. The average molecular weight is 245 g/mol. The summed E-state index contributed by atoms with van der Waals surface area (Å²) >= 11 is 6.13. The summed E-state index contributed by atoms with van der Waals surface area (Å²) < 4.78 is 0.324. The number of carboxylic acids is 1. The van der Waals surface area contributed by atoms with Crippen LogP contribution in [0.25, 0.3) is 0 Å². The van der Waals surface area contributed by atoms with Gasteiger partial charge in [-0.15, -0.1) is 0 Å². The molecule has 0 aromatic heterocycles.